The molecule has 0 radical (unpaired) electrons. The number of rotatable bonds is 4. The molecule has 0 atom stereocenters. The zero-order chi connectivity index (χ0) is 16.3. The minimum absolute atomic E-state index is 0.0644. The van der Waals surface area contributed by atoms with Crippen LogP contribution in [0, 0.1) is 3.57 Å². The van der Waals surface area contributed by atoms with E-state index in [2.05, 4.69) is 22.6 Å². The number of halogens is 1. The maximum Gasteiger partial charge on any atom is 0.254 e. The third kappa shape index (κ3) is 3.86. The van der Waals surface area contributed by atoms with Crippen molar-refractivity contribution in [1.29, 1.82) is 0 Å². The topological polar surface area (TPSA) is 55.6 Å². The first-order valence-corrected chi connectivity index (χ1v) is 8.44. The normalized spacial score (nSPS) is 10.4. The first kappa shape index (κ1) is 17.0. The summed E-state index contributed by atoms with van der Waals surface area (Å²) in [6.07, 6.45) is 0. The number of amides is 1. The molecule has 2 aromatic carbocycles. The smallest absolute Gasteiger partial charge is 0.254 e. The van der Waals surface area contributed by atoms with Gasteiger partial charge in [0, 0.05) is 33.1 Å². The third-order valence-electron chi connectivity index (χ3n) is 3.02. The van der Waals surface area contributed by atoms with E-state index in [0.29, 0.717) is 17.0 Å². The van der Waals surface area contributed by atoms with Crippen LogP contribution in [0.4, 0.5) is 5.69 Å². The SMILES string of the molecule is COc1ccc(Sc2ccc(I)cc2N)c(C(=O)N(C)C)c1. The van der Waals surface area contributed by atoms with Gasteiger partial charge < -0.3 is 15.4 Å². The number of hydrogen-bond acceptors (Lipinski definition) is 4. The third-order valence-corrected chi connectivity index (χ3v) is 4.85. The second kappa shape index (κ2) is 7.23. The zero-order valence-corrected chi connectivity index (χ0v) is 15.6. The van der Waals surface area contributed by atoms with Crippen molar-refractivity contribution in [2.75, 3.05) is 26.9 Å². The Labute approximate surface area is 148 Å². The number of anilines is 1. The molecular weight excluding hydrogens is 411 g/mol. The van der Waals surface area contributed by atoms with Gasteiger partial charge in [-0.15, -0.1) is 0 Å². The highest BCUT2D eigenvalue weighted by Crippen LogP contribution is 2.36. The van der Waals surface area contributed by atoms with Gasteiger partial charge in [0.05, 0.1) is 12.7 Å². The van der Waals surface area contributed by atoms with Gasteiger partial charge in [0.25, 0.3) is 5.91 Å². The molecule has 0 aliphatic heterocycles. The molecule has 0 unspecified atom stereocenters. The lowest BCUT2D eigenvalue weighted by Gasteiger charge is -2.15. The Balaban J connectivity index is 2.43. The molecule has 0 saturated carbocycles. The van der Waals surface area contributed by atoms with Crippen LogP contribution >= 0.6 is 34.4 Å². The van der Waals surface area contributed by atoms with Crippen molar-refractivity contribution in [2.45, 2.75) is 9.79 Å². The number of nitrogens with two attached hydrogens (primary N) is 1. The summed E-state index contributed by atoms with van der Waals surface area (Å²) in [6, 6.07) is 11.4. The Bertz CT molecular complexity index is 705. The van der Waals surface area contributed by atoms with Crippen molar-refractivity contribution in [3.63, 3.8) is 0 Å². The predicted octanol–water partition coefficient (Wildman–Crippen LogP) is 3.74. The molecule has 4 nitrogen and oxygen atoms in total. The van der Waals surface area contributed by atoms with Crippen molar-refractivity contribution in [3.05, 3.63) is 45.5 Å². The van der Waals surface area contributed by atoms with Crippen LogP contribution in [0.2, 0.25) is 0 Å². The summed E-state index contributed by atoms with van der Waals surface area (Å²) in [6.45, 7) is 0. The van der Waals surface area contributed by atoms with Gasteiger partial charge in [-0.3, -0.25) is 4.79 Å². The van der Waals surface area contributed by atoms with Gasteiger partial charge in [0.2, 0.25) is 0 Å². The van der Waals surface area contributed by atoms with E-state index in [-0.39, 0.29) is 5.91 Å². The molecule has 0 bridgehead atoms. The molecule has 116 valence electrons. The Kier molecular flexibility index (Phi) is 5.57. The molecule has 2 rings (SSSR count). The molecule has 0 fully saturated rings. The van der Waals surface area contributed by atoms with E-state index < -0.39 is 0 Å². The predicted molar refractivity (Wildman–Crippen MR) is 98.7 cm³/mol. The van der Waals surface area contributed by atoms with Gasteiger partial charge in [0.1, 0.15) is 5.75 Å². The van der Waals surface area contributed by atoms with E-state index in [0.717, 1.165) is 13.4 Å². The van der Waals surface area contributed by atoms with Crippen LogP contribution in [-0.4, -0.2) is 32.0 Å². The molecule has 6 heteroatoms. The fourth-order valence-corrected chi connectivity index (χ4v) is 3.32. The quantitative estimate of drug-likeness (QED) is 0.596. The molecular formula is C16H17IN2O2S. The molecule has 1 amide bonds. The molecule has 0 aromatic heterocycles. The lowest BCUT2D eigenvalue weighted by atomic mass is 10.2. The van der Waals surface area contributed by atoms with Gasteiger partial charge >= 0.3 is 0 Å². The van der Waals surface area contributed by atoms with Gasteiger partial charge in [-0.1, -0.05) is 11.8 Å². The maximum absolute atomic E-state index is 12.4. The number of carbonyl (C=O) groups is 1. The number of benzene rings is 2. The van der Waals surface area contributed by atoms with E-state index in [9.17, 15) is 4.79 Å². The molecule has 0 saturated heterocycles. The highest BCUT2D eigenvalue weighted by Gasteiger charge is 2.16. The average molecular weight is 428 g/mol. The van der Waals surface area contributed by atoms with E-state index in [1.807, 2.05) is 30.3 Å². The lowest BCUT2D eigenvalue weighted by Crippen LogP contribution is -2.22. The fourth-order valence-electron chi connectivity index (χ4n) is 1.86. The number of ether oxygens (including phenoxy) is 1. The van der Waals surface area contributed by atoms with Gasteiger partial charge in [-0.2, -0.15) is 0 Å². The molecule has 0 heterocycles. The van der Waals surface area contributed by atoms with Crippen LogP contribution in [0.1, 0.15) is 10.4 Å². The minimum Gasteiger partial charge on any atom is -0.497 e. The standard InChI is InChI=1S/C16H17IN2O2S/c1-19(2)16(20)12-9-11(21-3)5-7-14(12)22-15-6-4-10(17)8-13(15)18/h4-9H,18H2,1-3H3. The van der Waals surface area contributed by atoms with Gasteiger partial charge in [-0.25, -0.2) is 0 Å². The first-order valence-electron chi connectivity index (χ1n) is 6.55. The fraction of sp³-hybridized carbons (Fsp3) is 0.188. The summed E-state index contributed by atoms with van der Waals surface area (Å²) < 4.78 is 6.31. The molecule has 2 N–H and O–H groups in total. The minimum atomic E-state index is -0.0644. The molecule has 0 aliphatic carbocycles. The van der Waals surface area contributed by atoms with E-state index in [1.165, 1.54) is 11.8 Å². The molecule has 2 aromatic rings. The van der Waals surface area contributed by atoms with Crippen LogP contribution < -0.4 is 10.5 Å². The number of methoxy groups -OCH3 is 1. The van der Waals surface area contributed by atoms with Crippen molar-refractivity contribution in [1.82, 2.24) is 4.90 Å². The largest absolute Gasteiger partial charge is 0.497 e. The molecule has 0 aliphatic rings. The van der Waals surface area contributed by atoms with Crippen molar-refractivity contribution < 1.29 is 9.53 Å². The number of carbonyl (C=O) groups excluding carboxylic acids is 1. The highest BCUT2D eigenvalue weighted by atomic mass is 127. The summed E-state index contributed by atoms with van der Waals surface area (Å²) in [5.74, 6) is 0.593. The summed E-state index contributed by atoms with van der Waals surface area (Å²) in [5, 5.41) is 0. The molecule has 22 heavy (non-hydrogen) atoms. The van der Waals surface area contributed by atoms with E-state index >= 15 is 0 Å². The average Bonchev–Trinajstić information content (AvgIpc) is 2.49. The summed E-state index contributed by atoms with van der Waals surface area (Å²) in [7, 11) is 5.05. The van der Waals surface area contributed by atoms with Crippen LogP contribution in [0.15, 0.2) is 46.2 Å². The first-order chi connectivity index (χ1) is 10.4. The Morgan fingerprint density at radius 2 is 1.86 bits per heavy atom. The van der Waals surface area contributed by atoms with Crippen molar-refractivity contribution in [2.24, 2.45) is 0 Å². The highest BCUT2D eigenvalue weighted by molar-refractivity contribution is 14.1. The second-order valence-corrected chi connectivity index (χ2v) is 7.18. The second-order valence-electron chi connectivity index (χ2n) is 4.85. The maximum atomic E-state index is 12.4. The summed E-state index contributed by atoms with van der Waals surface area (Å²) >= 11 is 3.70. The van der Waals surface area contributed by atoms with Crippen LogP contribution in [0.5, 0.6) is 5.75 Å². The summed E-state index contributed by atoms with van der Waals surface area (Å²) in [4.78, 5) is 15.7. The number of hydrogen-bond donors (Lipinski definition) is 1. The van der Waals surface area contributed by atoms with Gasteiger partial charge in [0.15, 0.2) is 0 Å². The van der Waals surface area contributed by atoms with Crippen LogP contribution in [-0.2, 0) is 0 Å². The Morgan fingerprint density at radius 1 is 1.18 bits per heavy atom. The molecule has 0 spiro atoms. The van der Waals surface area contributed by atoms with Gasteiger partial charge in [-0.05, 0) is 59.0 Å². The summed E-state index contributed by atoms with van der Waals surface area (Å²) in [5.41, 5.74) is 7.37. The van der Waals surface area contributed by atoms with Crippen molar-refractivity contribution >= 4 is 45.9 Å². The Hall–Kier alpha value is -1.41. The van der Waals surface area contributed by atoms with E-state index in [1.54, 1.807) is 32.2 Å². The van der Waals surface area contributed by atoms with Crippen LogP contribution in [0.25, 0.3) is 0 Å². The van der Waals surface area contributed by atoms with Crippen LogP contribution in [0.3, 0.4) is 0 Å². The number of nitrogen functional groups attached to an aromatic ring is 1. The number of nitrogens with zero attached hydrogens (tertiary/aromatic N) is 1. The van der Waals surface area contributed by atoms with Crippen molar-refractivity contribution in [3.8, 4) is 5.75 Å². The monoisotopic (exact) mass is 428 g/mol. The van der Waals surface area contributed by atoms with E-state index in [4.69, 9.17) is 10.5 Å². The Morgan fingerprint density at radius 3 is 2.45 bits per heavy atom. The zero-order valence-electron chi connectivity index (χ0n) is 12.6. The lowest BCUT2D eigenvalue weighted by molar-refractivity contribution is 0.0824.